The van der Waals surface area contributed by atoms with Gasteiger partial charge in [-0.15, -0.1) is 10.2 Å². The van der Waals surface area contributed by atoms with Crippen LogP contribution in [0, 0.1) is 0 Å². The number of ether oxygens (including phenoxy) is 1. The van der Waals surface area contributed by atoms with Gasteiger partial charge >= 0.3 is 12.2 Å². The van der Waals surface area contributed by atoms with E-state index in [0.29, 0.717) is 30.7 Å². The van der Waals surface area contributed by atoms with Gasteiger partial charge in [0.2, 0.25) is 11.8 Å². The van der Waals surface area contributed by atoms with Crippen molar-refractivity contribution in [2.45, 2.75) is 64.1 Å². The fourth-order valence-electron chi connectivity index (χ4n) is 5.63. The molecule has 2 atom stereocenters. The quantitative estimate of drug-likeness (QED) is 0.271. The average Bonchev–Trinajstić information content (AvgIpc) is 3.78. The summed E-state index contributed by atoms with van der Waals surface area (Å²) in [6.07, 6.45) is 3.67. The second-order valence-electron chi connectivity index (χ2n) is 11.7. The van der Waals surface area contributed by atoms with Crippen LogP contribution in [0.5, 0.6) is 0 Å². The van der Waals surface area contributed by atoms with E-state index in [1.54, 1.807) is 11.1 Å². The van der Waals surface area contributed by atoms with Crippen LogP contribution in [0.3, 0.4) is 0 Å². The SMILES string of the molecule is CC(C)(C)OC(=O)N1CCCC1c1nnc(-c2ccc(-c3ccc(-c4cnc(C5CCCN5C(=O)O)[nH]4)cc3)cc2)o1. The van der Waals surface area contributed by atoms with Crippen LogP contribution in [0.15, 0.2) is 59.1 Å². The molecule has 42 heavy (non-hydrogen) atoms. The topological polar surface area (TPSA) is 138 Å². The number of benzene rings is 2. The summed E-state index contributed by atoms with van der Waals surface area (Å²) in [6.45, 7) is 6.67. The molecule has 11 heteroatoms. The van der Waals surface area contributed by atoms with Gasteiger partial charge in [-0.3, -0.25) is 9.80 Å². The molecule has 2 amide bonds. The lowest BCUT2D eigenvalue weighted by Crippen LogP contribution is -2.36. The van der Waals surface area contributed by atoms with Crippen LogP contribution in [0.1, 0.15) is 70.3 Å². The van der Waals surface area contributed by atoms with E-state index in [1.165, 1.54) is 4.90 Å². The molecular formula is C31H34N6O5. The van der Waals surface area contributed by atoms with Gasteiger partial charge in [-0.1, -0.05) is 36.4 Å². The zero-order chi connectivity index (χ0) is 29.4. The highest BCUT2D eigenvalue weighted by molar-refractivity contribution is 5.71. The van der Waals surface area contributed by atoms with Crippen molar-refractivity contribution in [3.05, 3.63) is 66.4 Å². The minimum atomic E-state index is -0.913. The number of nitrogens with one attached hydrogen (secondary N) is 1. The first-order valence-corrected chi connectivity index (χ1v) is 14.2. The number of rotatable bonds is 5. The molecule has 11 nitrogen and oxygen atoms in total. The monoisotopic (exact) mass is 570 g/mol. The van der Waals surface area contributed by atoms with Gasteiger partial charge in [0, 0.05) is 18.7 Å². The van der Waals surface area contributed by atoms with Gasteiger partial charge in [-0.25, -0.2) is 14.6 Å². The van der Waals surface area contributed by atoms with Crippen LogP contribution in [0.4, 0.5) is 9.59 Å². The number of imidazole rings is 1. The molecule has 0 spiro atoms. The van der Waals surface area contributed by atoms with Crippen LogP contribution in [-0.2, 0) is 4.74 Å². The fraction of sp³-hybridized carbons (Fsp3) is 0.387. The number of aromatic amines is 1. The minimum absolute atomic E-state index is 0.231. The van der Waals surface area contributed by atoms with E-state index in [2.05, 4.69) is 20.2 Å². The van der Waals surface area contributed by atoms with Crippen molar-refractivity contribution in [2.75, 3.05) is 13.1 Å². The largest absolute Gasteiger partial charge is 0.465 e. The lowest BCUT2D eigenvalue weighted by molar-refractivity contribution is 0.0204. The summed E-state index contributed by atoms with van der Waals surface area (Å²) in [5.41, 5.74) is 4.12. The fourth-order valence-corrected chi connectivity index (χ4v) is 5.63. The standard InChI is InChI=1S/C31H34N6O5/c1-31(2,3)42-30(40)37-17-5-7-25(37)28-35-34-27(41-28)22-14-10-20(11-15-22)19-8-12-21(13-9-19)23-18-32-26(33-23)24-6-4-16-36(24)29(38)39/h8-15,18,24-25H,4-7,16-17H2,1-3H3,(H,32,33)(H,38,39). The van der Waals surface area contributed by atoms with Crippen molar-refractivity contribution in [1.29, 1.82) is 0 Å². The molecule has 4 aromatic rings. The maximum atomic E-state index is 12.7. The molecule has 2 N–H and O–H groups in total. The van der Waals surface area contributed by atoms with Crippen LogP contribution in [-0.4, -0.2) is 65.9 Å². The number of hydrogen-bond acceptors (Lipinski definition) is 7. The second kappa shape index (κ2) is 11.0. The van der Waals surface area contributed by atoms with Crippen LogP contribution >= 0.6 is 0 Å². The Labute approximate surface area is 243 Å². The Morgan fingerprint density at radius 1 is 0.881 bits per heavy atom. The number of nitrogens with zero attached hydrogens (tertiary/aromatic N) is 5. The molecule has 2 saturated heterocycles. The lowest BCUT2D eigenvalue weighted by Gasteiger charge is -2.27. The summed E-state index contributed by atoms with van der Waals surface area (Å²) < 4.78 is 11.6. The number of hydrogen-bond donors (Lipinski definition) is 2. The van der Waals surface area contributed by atoms with Gasteiger partial charge in [-0.05, 0) is 75.3 Å². The summed E-state index contributed by atoms with van der Waals surface area (Å²) >= 11 is 0. The third-order valence-corrected chi connectivity index (χ3v) is 7.68. The number of likely N-dealkylation sites (tertiary alicyclic amines) is 2. The normalized spacial score (nSPS) is 18.9. The zero-order valence-electron chi connectivity index (χ0n) is 23.9. The van der Waals surface area contributed by atoms with Crippen molar-refractivity contribution in [3.8, 4) is 33.8 Å². The molecule has 2 aromatic heterocycles. The number of carboxylic acid groups (broad SMARTS) is 1. The van der Waals surface area contributed by atoms with Crippen molar-refractivity contribution < 1.29 is 23.8 Å². The Hall–Kier alpha value is -4.67. The van der Waals surface area contributed by atoms with Gasteiger partial charge in [0.1, 0.15) is 17.5 Å². The lowest BCUT2D eigenvalue weighted by atomic mass is 10.0. The summed E-state index contributed by atoms with van der Waals surface area (Å²) in [4.78, 5) is 35.1. The van der Waals surface area contributed by atoms with Gasteiger partial charge in [-0.2, -0.15) is 0 Å². The first kappa shape index (κ1) is 27.5. The molecule has 2 fully saturated rings. The van der Waals surface area contributed by atoms with Gasteiger partial charge in [0.15, 0.2) is 0 Å². The van der Waals surface area contributed by atoms with E-state index >= 15 is 0 Å². The first-order chi connectivity index (χ1) is 20.2. The molecule has 2 unspecified atom stereocenters. The Kier molecular flexibility index (Phi) is 7.17. The summed E-state index contributed by atoms with van der Waals surface area (Å²) in [7, 11) is 0. The summed E-state index contributed by atoms with van der Waals surface area (Å²) in [5.74, 6) is 1.50. The third kappa shape index (κ3) is 5.59. The number of amides is 2. The van der Waals surface area contributed by atoms with E-state index in [4.69, 9.17) is 9.15 Å². The molecule has 2 aromatic carbocycles. The first-order valence-electron chi connectivity index (χ1n) is 14.2. The molecule has 2 aliphatic rings. The maximum Gasteiger partial charge on any atom is 0.410 e. The highest BCUT2D eigenvalue weighted by Crippen LogP contribution is 2.35. The van der Waals surface area contributed by atoms with E-state index < -0.39 is 11.7 Å². The second-order valence-corrected chi connectivity index (χ2v) is 11.7. The summed E-state index contributed by atoms with van der Waals surface area (Å²) in [6, 6.07) is 15.5. The zero-order valence-corrected chi connectivity index (χ0v) is 23.9. The smallest absolute Gasteiger partial charge is 0.410 e. The van der Waals surface area contributed by atoms with E-state index in [-0.39, 0.29) is 18.2 Å². The van der Waals surface area contributed by atoms with Gasteiger partial charge in [0.25, 0.3) is 0 Å². The molecule has 0 aliphatic carbocycles. The average molecular weight is 571 g/mol. The minimum Gasteiger partial charge on any atom is -0.465 e. The number of aromatic nitrogens is 4. The van der Waals surface area contributed by atoms with Crippen molar-refractivity contribution in [3.63, 3.8) is 0 Å². The number of H-pyrrole nitrogens is 1. The Morgan fingerprint density at radius 3 is 2.12 bits per heavy atom. The molecule has 4 heterocycles. The number of carbonyl (C=O) groups excluding carboxylic acids is 1. The molecule has 0 radical (unpaired) electrons. The Balaban J connectivity index is 1.13. The molecule has 0 bridgehead atoms. The summed E-state index contributed by atoms with van der Waals surface area (Å²) in [5, 5.41) is 18.0. The third-order valence-electron chi connectivity index (χ3n) is 7.68. The molecule has 0 saturated carbocycles. The van der Waals surface area contributed by atoms with E-state index in [9.17, 15) is 14.7 Å². The maximum absolute atomic E-state index is 12.7. The van der Waals surface area contributed by atoms with E-state index in [1.807, 2.05) is 69.3 Å². The van der Waals surface area contributed by atoms with Crippen LogP contribution in [0.2, 0.25) is 0 Å². The number of carbonyl (C=O) groups is 2. The predicted octanol–water partition coefficient (Wildman–Crippen LogP) is 6.68. The van der Waals surface area contributed by atoms with Gasteiger partial charge < -0.3 is 19.2 Å². The Morgan fingerprint density at radius 2 is 1.48 bits per heavy atom. The van der Waals surface area contributed by atoms with Crippen molar-refractivity contribution in [1.82, 2.24) is 30.0 Å². The molecule has 218 valence electrons. The van der Waals surface area contributed by atoms with Crippen molar-refractivity contribution >= 4 is 12.2 Å². The predicted molar refractivity (Wildman–Crippen MR) is 154 cm³/mol. The molecule has 6 rings (SSSR count). The molecule has 2 aliphatic heterocycles. The highest BCUT2D eigenvalue weighted by Gasteiger charge is 2.36. The van der Waals surface area contributed by atoms with Gasteiger partial charge in [0.05, 0.1) is 17.9 Å². The van der Waals surface area contributed by atoms with Crippen molar-refractivity contribution in [2.24, 2.45) is 0 Å². The highest BCUT2D eigenvalue weighted by atomic mass is 16.6. The van der Waals surface area contributed by atoms with Crippen LogP contribution in [0.25, 0.3) is 33.8 Å². The Bertz CT molecular complexity index is 1570. The molecular weight excluding hydrogens is 536 g/mol. The van der Waals surface area contributed by atoms with Crippen LogP contribution < -0.4 is 0 Å². The van der Waals surface area contributed by atoms with E-state index in [0.717, 1.165) is 53.6 Å².